The summed E-state index contributed by atoms with van der Waals surface area (Å²) >= 11 is 2.91. The molecule has 1 saturated heterocycles. The molecule has 0 aliphatic carbocycles. The van der Waals surface area contributed by atoms with Crippen molar-refractivity contribution in [2.45, 2.75) is 62.4 Å². The Balaban J connectivity index is 1.60. The molecule has 3 aliphatic rings. The van der Waals surface area contributed by atoms with Gasteiger partial charge in [-0.1, -0.05) is 37.4 Å². The van der Waals surface area contributed by atoms with E-state index >= 15 is 0 Å². The van der Waals surface area contributed by atoms with Gasteiger partial charge in [0.1, 0.15) is 19.0 Å². The second-order valence-corrected chi connectivity index (χ2v) is 17.4. The fourth-order valence-corrected chi connectivity index (χ4v) is 8.66. The molecule has 0 spiro atoms. The summed E-state index contributed by atoms with van der Waals surface area (Å²) in [4.78, 5) is 35.7. The van der Waals surface area contributed by atoms with E-state index in [9.17, 15) is 14.0 Å². The average Bonchev–Trinajstić information content (AvgIpc) is 3.38. The Morgan fingerprint density at radius 1 is 1.43 bits per heavy atom. The Kier molecular flexibility index (Phi) is 8.49. The third kappa shape index (κ3) is 5.66. The number of rotatable bonds is 10. The van der Waals surface area contributed by atoms with E-state index in [4.69, 9.17) is 14.1 Å². The third-order valence-electron chi connectivity index (χ3n) is 7.05. The topological polar surface area (TPSA) is 72.0 Å². The number of fused-ring (bicyclic) bond motifs is 1. The van der Waals surface area contributed by atoms with Crippen molar-refractivity contribution in [1.29, 1.82) is 0 Å². The minimum atomic E-state index is -1.85. The quantitative estimate of drug-likeness (QED) is 0.172. The van der Waals surface area contributed by atoms with Crippen molar-refractivity contribution in [2.75, 3.05) is 26.9 Å². The molecule has 1 aromatic heterocycles. The monoisotopic (exact) mass is 565 g/mol. The van der Waals surface area contributed by atoms with E-state index in [1.807, 2.05) is 31.2 Å². The number of thioether (sulfide) groups is 1. The number of hydrogen-bond donors (Lipinski definition) is 0. The first kappa shape index (κ1) is 28.2. The summed E-state index contributed by atoms with van der Waals surface area (Å²) in [6, 6.07) is -0.303. The van der Waals surface area contributed by atoms with Crippen molar-refractivity contribution >= 4 is 48.9 Å². The van der Waals surface area contributed by atoms with Crippen molar-refractivity contribution in [3.63, 3.8) is 0 Å². The number of carbonyl (C=O) groups excluding carboxylic acids is 2. The Morgan fingerprint density at radius 3 is 2.81 bits per heavy atom. The molecule has 0 radical (unpaired) electrons. The van der Waals surface area contributed by atoms with Gasteiger partial charge in [0, 0.05) is 28.8 Å². The molecule has 1 aromatic rings. The highest BCUT2D eigenvalue weighted by molar-refractivity contribution is 8.04. The summed E-state index contributed by atoms with van der Waals surface area (Å²) in [7, 11) is 0.0714. The van der Waals surface area contributed by atoms with E-state index in [1.54, 1.807) is 4.90 Å². The summed E-state index contributed by atoms with van der Waals surface area (Å²) in [5.74, 6) is -1.01. The lowest BCUT2D eigenvalue weighted by Crippen LogP contribution is -2.64. The number of β-lactam (4-membered cyclic amide) rings is 1. The van der Waals surface area contributed by atoms with Gasteiger partial charge in [-0.25, -0.2) is 14.2 Å². The van der Waals surface area contributed by atoms with Crippen LogP contribution in [-0.4, -0.2) is 80.0 Å². The van der Waals surface area contributed by atoms with Crippen molar-refractivity contribution in [2.24, 2.45) is 11.8 Å². The molecule has 0 aromatic carbocycles. The number of likely N-dealkylation sites (N-methyl/N-ethyl adjacent to an activating group) is 1. The lowest BCUT2D eigenvalue weighted by molar-refractivity contribution is -0.163. The lowest BCUT2D eigenvalue weighted by Gasteiger charge is -2.48. The number of nitrogens with zero attached hydrogens (tertiary/aromatic N) is 3. The van der Waals surface area contributed by atoms with Crippen molar-refractivity contribution in [3.8, 4) is 0 Å². The van der Waals surface area contributed by atoms with Gasteiger partial charge >= 0.3 is 5.97 Å². The normalized spacial score (nSPS) is 27.1. The van der Waals surface area contributed by atoms with Crippen molar-refractivity contribution < 1.29 is 23.1 Å². The number of alkyl halides is 1. The summed E-state index contributed by atoms with van der Waals surface area (Å²) in [5, 5.41) is 1.98. The molecular weight excluding hydrogens is 530 g/mol. The number of ether oxygens (including phenoxy) is 1. The van der Waals surface area contributed by atoms with E-state index in [2.05, 4.69) is 32.3 Å². The van der Waals surface area contributed by atoms with Crippen LogP contribution in [-0.2, 0) is 18.8 Å². The number of thiazole rings is 1. The molecule has 0 bridgehead atoms. The minimum absolute atomic E-state index is 0.0691. The van der Waals surface area contributed by atoms with Crippen LogP contribution in [0.3, 0.4) is 0 Å². The first-order valence-corrected chi connectivity index (χ1v) is 17.7. The minimum Gasteiger partial charge on any atom is -0.457 e. The highest BCUT2D eigenvalue weighted by atomic mass is 32.2. The van der Waals surface area contributed by atoms with Gasteiger partial charge in [-0.15, -0.1) is 11.3 Å². The van der Waals surface area contributed by atoms with Crippen LogP contribution in [0.4, 0.5) is 4.39 Å². The maximum absolute atomic E-state index is 13.4. The first-order valence-electron chi connectivity index (χ1n) is 12.6. The van der Waals surface area contributed by atoms with E-state index < -0.39 is 21.0 Å². The van der Waals surface area contributed by atoms with Gasteiger partial charge in [-0.2, -0.15) is 0 Å². The Bertz CT molecular complexity index is 1130. The standard InChI is InChI=1S/C26H36FN3O4S2Si/c1-8-11-33-25(32)22-23(15(2)21-20(24(31)30(21)22)16(3)34-37(5,6)7)36-26-28-19(14-35-26)17-9-10-29(4)18(12-17)13-27/h8-9,14-16,18,20-21H,1,10-13H2,2-7H3/t15-,16-,18-,20-,21-/m1/s1. The number of esters is 1. The zero-order valence-corrected chi connectivity index (χ0v) is 25.0. The van der Waals surface area contributed by atoms with Gasteiger partial charge in [-0.05, 0) is 45.6 Å². The molecule has 0 unspecified atom stereocenters. The van der Waals surface area contributed by atoms with Crippen LogP contribution in [0.25, 0.3) is 5.57 Å². The van der Waals surface area contributed by atoms with Crippen molar-refractivity contribution in [3.05, 3.63) is 40.4 Å². The van der Waals surface area contributed by atoms with Gasteiger partial charge in [-0.3, -0.25) is 9.69 Å². The fourth-order valence-electron chi connectivity index (χ4n) is 5.29. The molecule has 11 heteroatoms. The predicted octanol–water partition coefficient (Wildman–Crippen LogP) is 4.95. The number of hydrogen-bond acceptors (Lipinski definition) is 8. The largest absolute Gasteiger partial charge is 0.457 e. The van der Waals surface area contributed by atoms with Crippen LogP contribution in [0.2, 0.25) is 19.6 Å². The smallest absolute Gasteiger partial charge is 0.356 e. The zero-order valence-electron chi connectivity index (χ0n) is 22.3. The van der Waals surface area contributed by atoms with Gasteiger partial charge < -0.3 is 14.1 Å². The second-order valence-electron chi connectivity index (χ2n) is 10.8. The molecular formula is C26H36FN3O4S2Si. The lowest BCUT2D eigenvalue weighted by atomic mass is 9.79. The molecule has 1 fully saturated rings. The van der Waals surface area contributed by atoms with Crippen LogP contribution >= 0.6 is 23.1 Å². The van der Waals surface area contributed by atoms with Gasteiger partial charge in [0.15, 0.2) is 12.7 Å². The molecule has 4 rings (SSSR count). The van der Waals surface area contributed by atoms with E-state index in [-0.39, 0.29) is 42.5 Å². The molecule has 3 aliphatic heterocycles. The maximum Gasteiger partial charge on any atom is 0.356 e. The van der Waals surface area contributed by atoms with E-state index in [0.29, 0.717) is 18.7 Å². The SMILES string of the molecule is C=CCOC(=O)C1=C(Sc2nc(C3=CCN(C)[C@@H](CF)C3)cs2)[C@H](C)[C@@H]2[C@@H]([C@@H](C)O[Si](C)(C)C)C(=O)N12. The summed E-state index contributed by atoms with van der Waals surface area (Å²) < 4.78 is 25.9. The third-order valence-corrected chi connectivity index (χ3v) is 10.4. The van der Waals surface area contributed by atoms with Crippen LogP contribution < -0.4 is 0 Å². The highest BCUT2D eigenvalue weighted by Crippen LogP contribution is 2.53. The molecule has 202 valence electrons. The van der Waals surface area contributed by atoms with Crippen LogP contribution in [0.1, 0.15) is 26.0 Å². The van der Waals surface area contributed by atoms with Crippen LogP contribution in [0.5, 0.6) is 0 Å². The van der Waals surface area contributed by atoms with Gasteiger partial charge in [0.2, 0.25) is 5.91 Å². The fraction of sp³-hybridized carbons (Fsp3) is 0.577. The number of amides is 1. The number of carbonyl (C=O) groups is 2. The Hall–Kier alpha value is -1.79. The van der Waals surface area contributed by atoms with Crippen LogP contribution in [0.15, 0.2) is 39.1 Å². The van der Waals surface area contributed by atoms with E-state index in [0.717, 1.165) is 20.5 Å². The number of aromatic nitrogens is 1. The molecule has 1 amide bonds. The molecule has 7 nitrogen and oxygen atoms in total. The predicted molar refractivity (Wildman–Crippen MR) is 148 cm³/mol. The maximum atomic E-state index is 13.4. The highest BCUT2D eigenvalue weighted by Gasteiger charge is 2.61. The molecule has 0 saturated carbocycles. The number of halogens is 1. The molecule has 0 N–H and O–H groups in total. The summed E-state index contributed by atoms with van der Waals surface area (Å²) in [6.07, 6.45) is 3.99. The second kappa shape index (κ2) is 11.1. The van der Waals surface area contributed by atoms with Gasteiger partial charge in [0.25, 0.3) is 0 Å². The molecule has 5 atom stereocenters. The summed E-state index contributed by atoms with van der Waals surface area (Å²) in [6.45, 7) is 14.3. The molecule has 37 heavy (non-hydrogen) atoms. The Morgan fingerprint density at radius 2 is 2.16 bits per heavy atom. The Labute approximate surface area is 227 Å². The van der Waals surface area contributed by atoms with Crippen LogP contribution in [0, 0.1) is 11.8 Å². The van der Waals surface area contributed by atoms with E-state index in [1.165, 1.54) is 29.2 Å². The first-order chi connectivity index (χ1) is 17.5. The van der Waals surface area contributed by atoms with Crippen molar-refractivity contribution in [1.82, 2.24) is 14.8 Å². The van der Waals surface area contributed by atoms with Gasteiger partial charge in [0.05, 0.1) is 23.8 Å². The zero-order chi connectivity index (χ0) is 27.1. The molecule has 4 heterocycles. The summed E-state index contributed by atoms with van der Waals surface area (Å²) in [5.41, 5.74) is 2.19. The average molecular weight is 566 g/mol.